The Kier molecular flexibility index (Phi) is 4.09. The van der Waals surface area contributed by atoms with Crippen molar-refractivity contribution in [2.75, 3.05) is 11.6 Å². The van der Waals surface area contributed by atoms with Gasteiger partial charge in [-0.1, -0.05) is 15.9 Å². The van der Waals surface area contributed by atoms with Crippen LogP contribution in [-0.4, -0.2) is 25.8 Å². The van der Waals surface area contributed by atoms with Crippen LogP contribution in [-0.2, 0) is 14.6 Å². The number of sulfone groups is 1. The number of carbonyl (C=O) groups excluding carboxylic acids is 1. The van der Waals surface area contributed by atoms with E-state index >= 15 is 0 Å². The van der Waals surface area contributed by atoms with Crippen LogP contribution >= 0.6 is 15.9 Å². The lowest BCUT2D eigenvalue weighted by Gasteiger charge is -2.10. The molecule has 1 atom stereocenters. The van der Waals surface area contributed by atoms with E-state index in [2.05, 4.69) is 21.2 Å². The molecule has 1 unspecified atom stereocenters. The van der Waals surface area contributed by atoms with Crippen molar-refractivity contribution in [1.82, 2.24) is 0 Å². The number of anilines is 1. The van der Waals surface area contributed by atoms with Crippen molar-refractivity contribution < 1.29 is 13.2 Å². The second-order valence-electron chi connectivity index (χ2n) is 3.47. The summed E-state index contributed by atoms with van der Waals surface area (Å²) in [6.07, 6.45) is 1.04. The van der Waals surface area contributed by atoms with Crippen LogP contribution in [0.15, 0.2) is 28.7 Å². The van der Waals surface area contributed by atoms with Gasteiger partial charge in [0.1, 0.15) is 5.25 Å². The number of carbonyl (C=O) groups is 1. The molecule has 16 heavy (non-hydrogen) atoms. The molecular weight excluding hydrogens is 294 g/mol. The van der Waals surface area contributed by atoms with E-state index in [9.17, 15) is 13.2 Å². The Labute approximate surface area is 103 Å². The van der Waals surface area contributed by atoms with E-state index in [0.717, 1.165) is 10.7 Å². The van der Waals surface area contributed by atoms with Gasteiger partial charge in [0.15, 0.2) is 9.84 Å². The summed E-state index contributed by atoms with van der Waals surface area (Å²) < 4.78 is 23.2. The SMILES string of the molecule is CC(C(=O)Nc1ccc(Br)cc1)S(C)(=O)=O. The molecule has 1 rings (SSSR count). The Hall–Kier alpha value is -0.880. The van der Waals surface area contributed by atoms with Crippen LogP contribution in [0.2, 0.25) is 0 Å². The first-order chi connectivity index (χ1) is 7.30. The molecule has 0 heterocycles. The molecule has 6 heteroatoms. The maximum atomic E-state index is 11.5. The minimum atomic E-state index is -3.35. The van der Waals surface area contributed by atoms with E-state index in [1.54, 1.807) is 24.3 Å². The zero-order valence-electron chi connectivity index (χ0n) is 8.90. The quantitative estimate of drug-likeness (QED) is 0.926. The second-order valence-corrected chi connectivity index (χ2v) is 6.75. The topological polar surface area (TPSA) is 63.2 Å². The molecule has 0 aliphatic carbocycles. The van der Waals surface area contributed by atoms with Gasteiger partial charge in [0.05, 0.1) is 0 Å². The van der Waals surface area contributed by atoms with Gasteiger partial charge >= 0.3 is 0 Å². The summed E-state index contributed by atoms with van der Waals surface area (Å²) in [6, 6.07) is 6.91. The van der Waals surface area contributed by atoms with Crippen LogP contribution in [0.5, 0.6) is 0 Å². The average molecular weight is 306 g/mol. The van der Waals surface area contributed by atoms with Crippen LogP contribution in [0.4, 0.5) is 5.69 Å². The first-order valence-corrected chi connectivity index (χ1v) is 7.31. The molecular formula is C10H12BrNO3S. The number of nitrogens with one attached hydrogen (secondary N) is 1. The largest absolute Gasteiger partial charge is 0.325 e. The first-order valence-electron chi connectivity index (χ1n) is 4.56. The fourth-order valence-corrected chi connectivity index (χ4v) is 1.68. The predicted octanol–water partition coefficient (Wildman–Crippen LogP) is 1.82. The number of halogens is 1. The van der Waals surface area contributed by atoms with Crippen LogP contribution in [0.25, 0.3) is 0 Å². The summed E-state index contributed by atoms with van der Waals surface area (Å²) >= 11 is 3.26. The molecule has 1 amide bonds. The fraction of sp³-hybridized carbons (Fsp3) is 0.300. The lowest BCUT2D eigenvalue weighted by atomic mass is 10.3. The highest BCUT2D eigenvalue weighted by molar-refractivity contribution is 9.10. The summed E-state index contributed by atoms with van der Waals surface area (Å²) in [5.74, 6) is -0.523. The summed E-state index contributed by atoms with van der Waals surface area (Å²) in [7, 11) is -3.35. The van der Waals surface area contributed by atoms with Gasteiger partial charge in [0.25, 0.3) is 0 Å². The molecule has 0 radical (unpaired) electrons. The summed E-state index contributed by atoms with van der Waals surface area (Å²) in [6.45, 7) is 1.36. The second kappa shape index (κ2) is 4.97. The first kappa shape index (κ1) is 13.2. The molecule has 1 aromatic carbocycles. The molecule has 1 aromatic rings. The third kappa shape index (κ3) is 3.61. The van der Waals surface area contributed by atoms with E-state index in [1.807, 2.05) is 0 Å². The zero-order valence-corrected chi connectivity index (χ0v) is 11.3. The summed E-state index contributed by atoms with van der Waals surface area (Å²) in [5, 5.41) is 1.49. The van der Waals surface area contributed by atoms with Crippen LogP contribution in [0, 0.1) is 0 Å². The predicted molar refractivity (Wildman–Crippen MR) is 67.1 cm³/mol. The number of hydrogen-bond acceptors (Lipinski definition) is 3. The van der Waals surface area contributed by atoms with E-state index in [-0.39, 0.29) is 0 Å². The molecule has 88 valence electrons. The van der Waals surface area contributed by atoms with Crippen molar-refractivity contribution in [3.63, 3.8) is 0 Å². The van der Waals surface area contributed by atoms with Crippen molar-refractivity contribution in [3.8, 4) is 0 Å². The number of hydrogen-bond donors (Lipinski definition) is 1. The van der Waals surface area contributed by atoms with Crippen molar-refractivity contribution in [1.29, 1.82) is 0 Å². The van der Waals surface area contributed by atoms with E-state index in [0.29, 0.717) is 5.69 Å². The van der Waals surface area contributed by atoms with E-state index in [1.165, 1.54) is 6.92 Å². The van der Waals surface area contributed by atoms with Gasteiger partial charge < -0.3 is 5.32 Å². The third-order valence-corrected chi connectivity index (χ3v) is 4.15. The summed E-state index contributed by atoms with van der Waals surface area (Å²) in [4.78, 5) is 11.5. The molecule has 0 bridgehead atoms. The van der Waals surface area contributed by atoms with Gasteiger partial charge in [-0.25, -0.2) is 8.42 Å². The fourth-order valence-electron chi connectivity index (χ4n) is 0.972. The van der Waals surface area contributed by atoms with Gasteiger partial charge in [0.2, 0.25) is 5.91 Å². The zero-order chi connectivity index (χ0) is 12.3. The molecule has 0 saturated carbocycles. The summed E-state index contributed by atoms with van der Waals surface area (Å²) in [5.41, 5.74) is 0.573. The van der Waals surface area contributed by atoms with Gasteiger partial charge in [-0.15, -0.1) is 0 Å². The Morgan fingerprint density at radius 3 is 2.25 bits per heavy atom. The van der Waals surface area contributed by atoms with Gasteiger partial charge in [-0.05, 0) is 31.2 Å². The Balaban J connectivity index is 2.76. The standard InChI is InChI=1S/C10H12BrNO3S/c1-7(16(2,14)15)10(13)12-9-5-3-8(11)4-6-9/h3-7H,1-2H3,(H,12,13). The lowest BCUT2D eigenvalue weighted by Crippen LogP contribution is -2.31. The van der Waals surface area contributed by atoms with Gasteiger partial charge in [-0.3, -0.25) is 4.79 Å². The molecule has 0 fully saturated rings. The molecule has 4 nitrogen and oxygen atoms in total. The molecule has 1 N–H and O–H groups in total. The highest BCUT2D eigenvalue weighted by atomic mass is 79.9. The van der Waals surface area contributed by atoms with Gasteiger partial charge in [0, 0.05) is 16.4 Å². The molecule has 0 saturated heterocycles. The van der Waals surface area contributed by atoms with Crippen molar-refractivity contribution in [3.05, 3.63) is 28.7 Å². The van der Waals surface area contributed by atoms with Crippen LogP contribution < -0.4 is 5.32 Å². The Morgan fingerprint density at radius 2 is 1.81 bits per heavy atom. The smallest absolute Gasteiger partial charge is 0.242 e. The molecule has 0 aromatic heterocycles. The van der Waals surface area contributed by atoms with Gasteiger partial charge in [-0.2, -0.15) is 0 Å². The number of benzene rings is 1. The average Bonchev–Trinajstić information content (AvgIpc) is 2.19. The Bertz CT molecular complexity index is 481. The Morgan fingerprint density at radius 1 is 1.31 bits per heavy atom. The van der Waals surface area contributed by atoms with Crippen molar-refractivity contribution >= 4 is 37.4 Å². The minimum Gasteiger partial charge on any atom is -0.325 e. The maximum Gasteiger partial charge on any atom is 0.242 e. The lowest BCUT2D eigenvalue weighted by molar-refractivity contribution is -0.115. The maximum absolute atomic E-state index is 11.5. The normalized spacial score (nSPS) is 13.2. The van der Waals surface area contributed by atoms with Crippen LogP contribution in [0.3, 0.4) is 0 Å². The molecule has 0 spiro atoms. The molecule has 0 aliphatic heterocycles. The van der Waals surface area contributed by atoms with Crippen molar-refractivity contribution in [2.45, 2.75) is 12.2 Å². The highest BCUT2D eigenvalue weighted by Crippen LogP contribution is 2.14. The highest BCUT2D eigenvalue weighted by Gasteiger charge is 2.23. The van der Waals surface area contributed by atoms with E-state index in [4.69, 9.17) is 0 Å². The van der Waals surface area contributed by atoms with Crippen LogP contribution in [0.1, 0.15) is 6.92 Å². The monoisotopic (exact) mass is 305 g/mol. The number of rotatable bonds is 3. The number of amides is 1. The van der Waals surface area contributed by atoms with Crippen molar-refractivity contribution in [2.24, 2.45) is 0 Å². The molecule has 0 aliphatic rings. The third-order valence-electron chi connectivity index (χ3n) is 2.12. The minimum absolute atomic E-state index is 0.523. The van der Waals surface area contributed by atoms with E-state index < -0.39 is 21.0 Å².